The summed E-state index contributed by atoms with van der Waals surface area (Å²) in [7, 11) is 1.22. The summed E-state index contributed by atoms with van der Waals surface area (Å²) in [5.74, 6) is -1.05. The number of methoxy groups -OCH3 is 1. The van der Waals surface area contributed by atoms with Crippen LogP contribution in [0, 0.1) is 0 Å². The topological polar surface area (TPSA) is 96.9 Å². The van der Waals surface area contributed by atoms with Gasteiger partial charge >= 0.3 is 23.0 Å². The van der Waals surface area contributed by atoms with Crippen molar-refractivity contribution < 1.29 is 31.7 Å². The van der Waals surface area contributed by atoms with Crippen molar-refractivity contribution in [3.8, 4) is 0 Å². The number of isothiocyanates is 1. The predicted molar refractivity (Wildman–Crippen MR) is 77.1 cm³/mol. The maximum atomic E-state index is 11.2. The molecule has 0 aliphatic rings. The van der Waals surface area contributed by atoms with Gasteiger partial charge in [-0.3, -0.25) is 9.98 Å². The van der Waals surface area contributed by atoms with Crippen LogP contribution in [-0.2, 0) is 33.1 Å². The van der Waals surface area contributed by atoms with Crippen LogP contribution in [-0.4, -0.2) is 29.4 Å². The molecule has 0 spiro atoms. The van der Waals surface area contributed by atoms with Crippen LogP contribution in [0.25, 0.3) is 5.41 Å². The third kappa shape index (κ3) is 9.65. The van der Waals surface area contributed by atoms with E-state index in [0.29, 0.717) is 6.54 Å². The van der Waals surface area contributed by atoms with Crippen molar-refractivity contribution in [3.05, 3.63) is 46.8 Å². The van der Waals surface area contributed by atoms with Gasteiger partial charge in [-0.2, -0.15) is 5.16 Å². The number of esters is 1. The standard InChI is InChI=1S/C12H14N2O3.CNS.Cu/c1-9(15)11(12(16)17-2)8-13-7-10-5-3-4-6-14-10;2-1-3;/h3-6,8,15H,7H2,1-2H3;;/q;-1;+2/p-1/b11-9+,13-8?;;. The van der Waals surface area contributed by atoms with Crippen molar-refractivity contribution in [2.24, 2.45) is 4.99 Å². The maximum absolute atomic E-state index is 11.2. The molecule has 8 heteroatoms. The minimum Gasteiger partial charge on any atom is -0.875 e. The second-order valence-electron chi connectivity index (χ2n) is 3.34. The minimum absolute atomic E-state index is 0. The van der Waals surface area contributed by atoms with E-state index in [-0.39, 0.29) is 28.4 Å². The van der Waals surface area contributed by atoms with Gasteiger partial charge in [-0.15, -0.1) is 5.76 Å². The third-order valence-corrected chi connectivity index (χ3v) is 1.98. The van der Waals surface area contributed by atoms with E-state index >= 15 is 0 Å². The van der Waals surface area contributed by atoms with E-state index in [2.05, 4.69) is 26.9 Å². The summed E-state index contributed by atoms with van der Waals surface area (Å²) in [6, 6.07) is 5.45. The third-order valence-electron chi connectivity index (χ3n) is 1.98. The van der Waals surface area contributed by atoms with Gasteiger partial charge in [0, 0.05) is 12.4 Å². The Morgan fingerprint density at radius 1 is 1.62 bits per heavy atom. The van der Waals surface area contributed by atoms with E-state index in [1.165, 1.54) is 25.4 Å². The number of aliphatic imine (C=N–C) groups is 1. The Balaban J connectivity index is 0. The molecule has 21 heavy (non-hydrogen) atoms. The number of rotatable bonds is 4. The smallest absolute Gasteiger partial charge is 0.875 e. The summed E-state index contributed by atoms with van der Waals surface area (Å²) < 4.78 is 4.47. The van der Waals surface area contributed by atoms with E-state index in [1.54, 1.807) is 12.3 Å². The first kappa shape index (κ1) is 21.4. The summed E-state index contributed by atoms with van der Waals surface area (Å²) in [6.45, 7) is 1.60. The molecular weight excluding hydrogens is 342 g/mol. The first-order chi connectivity index (χ1) is 9.56. The molecule has 0 saturated heterocycles. The van der Waals surface area contributed by atoms with Crippen LogP contribution in [0.1, 0.15) is 12.6 Å². The SMILES string of the molecule is COC(=O)/C(C=NCc1ccccn1)=C(\C)[O-].[Cu+2].[N-]=C=S. The van der Waals surface area contributed by atoms with Crippen molar-refractivity contribution in [3.63, 3.8) is 0 Å². The molecule has 1 aromatic rings. The molecule has 0 aliphatic heterocycles. The van der Waals surface area contributed by atoms with Gasteiger partial charge in [-0.05, 0) is 12.1 Å². The van der Waals surface area contributed by atoms with Crippen LogP contribution in [0.5, 0.6) is 0 Å². The normalized spacial score (nSPS) is 10.4. The number of allylic oxidation sites excluding steroid dienone is 1. The van der Waals surface area contributed by atoms with Gasteiger partial charge in [0.25, 0.3) is 0 Å². The van der Waals surface area contributed by atoms with Gasteiger partial charge in [0.15, 0.2) is 0 Å². The first-order valence-electron chi connectivity index (χ1n) is 5.44. The number of ether oxygens (including phenoxy) is 1. The number of pyridine rings is 1. The second kappa shape index (κ2) is 13.1. The maximum Gasteiger partial charge on any atom is 2.00 e. The van der Waals surface area contributed by atoms with Crippen LogP contribution in [0.4, 0.5) is 0 Å². The molecule has 0 fully saturated rings. The largest absolute Gasteiger partial charge is 2.00 e. The van der Waals surface area contributed by atoms with Crippen LogP contribution >= 0.6 is 12.2 Å². The number of carbonyl (C=O) groups is 1. The van der Waals surface area contributed by atoms with Crippen molar-refractivity contribution in [1.29, 1.82) is 0 Å². The molecule has 0 aromatic carbocycles. The second-order valence-corrected chi connectivity index (χ2v) is 3.53. The van der Waals surface area contributed by atoms with E-state index < -0.39 is 5.97 Å². The number of nitrogens with zero attached hydrogens (tertiary/aromatic N) is 3. The number of aromatic nitrogens is 1. The Bertz CT molecular complexity index is 523. The summed E-state index contributed by atoms with van der Waals surface area (Å²) >= 11 is 3.70. The molecule has 0 N–H and O–H groups in total. The molecular formula is C13H13CuN3O3S. The number of carbonyl (C=O) groups excluding carboxylic acids is 1. The van der Waals surface area contributed by atoms with E-state index in [1.807, 2.05) is 12.1 Å². The average Bonchev–Trinajstić information content (AvgIpc) is 2.44. The van der Waals surface area contributed by atoms with Crippen LogP contribution in [0.15, 0.2) is 40.7 Å². The summed E-state index contributed by atoms with van der Waals surface area (Å²) in [5.41, 5.74) is 0.694. The summed E-state index contributed by atoms with van der Waals surface area (Å²) in [5, 5.41) is 19.6. The van der Waals surface area contributed by atoms with Gasteiger partial charge in [0.1, 0.15) is 0 Å². The summed E-state index contributed by atoms with van der Waals surface area (Å²) in [4.78, 5) is 19.3. The van der Waals surface area contributed by atoms with Crippen molar-refractivity contribution in [2.75, 3.05) is 7.11 Å². The fraction of sp³-hybridized carbons (Fsp3) is 0.231. The predicted octanol–water partition coefficient (Wildman–Crippen LogP) is 1.12. The molecule has 115 valence electrons. The average molecular weight is 355 g/mol. The molecule has 0 atom stereocenters. The Kier molecular flexibility index (Phi) is 13.4. The van der Waals surface area contributed by atoms with Crippen LogP contribution in [0.3, 0.4) is 0 Å². The molecule has 1 radical (unpaired) electrons. The Labute approximate surface area is 138 Å². The molecule has 0 unspecified atom stereocenters. The molecule has 0 aliphatic carbocycles. The minimum atomic E-state index is -0.678. The number of hydrogen-bond donors (Lipinski definition) is 0. The summed E-state index contributed by atoms with van der Waals surface area (Å²) in [6.07, 6.45) is 2.88. The van der Waals surface area contributed by atoms with E-state index in [0.717, 1.165) is 5.69 Å². The number of thiocarbonyl (C=S) groups is 1. The van der Waals surface area contributed by atoms with Gasteiger partial charge in [-0.1, -0.05) is 25.2 Å². The molecule has 0 saturated carbocycles. The van der Waals surface area contributed by atoms with Crippen molar-refractivity contribution in [2.45, 2.75) is 13.5 Å². The van der Waals surface area contributed by atoms with Crippen molar-refractivity contribution >= 4 is 29.6 Å². The van der Waals surface area contributed by atoms with Gasteiger partial charge < -0.3 is 15.3 Å². The van der Waals surface area contributed by atoms with Crippen LogP contribution in [0.2, 0.25) is 0 Å². The first-order valence-corrected chi connectivity index (χ1v) is 5.84. The Morgan fingerprint density at radius 3 is 2.67 bits per heavy atom. The monoisotopic (exact) mass is 354 g/mol. The number of hydrogen-bond acceptors (Lipinski definition) is 6. The molecule has 1 heterocycles. The zero-order valence-electron chi connectivity index (χ0n) is 11.4. The van der Waals surface area contributed by atoms with Gasteiger partial charge in [0.2, 0.25) is 0 Å². The molecule has 0 bridgehead atoms. The van der Waals surface area contributed by atoms with E-state index in [9.17, 15) is 9.90 Å². The zero-order chi connectivity index (χ0) is 15.4. The van der Waals surface area contributed by atoms with Crippen LogP contribution < -0.4 is 5.11 Å². The molecule has 0 amide bonds. The molecule has 1 aromatic heterocycles. The van der Waals surface area contributed by atoms with Gasteiger partial charge in [0.05, 0.1) is 24.9 Å². The quantitative estimate of drug-likeness (QED) is 0.201. The van der Waals surface area contributed by atoms with Gasteiger partial charge in [-0.25, -0.2) is 4.79 Å². The fourth-order valence-electron chi connectivity index (χ4n) is 1.12. The van der Waals surface area contributed by atoms with Crippen molar-refractivity contribution in [1.82, 2.24) is 4.98 Å². The Hall–Kier alpha value is -1.85. The fourth-order valence-corrected chi connectivity index (χ4v) is 1.12. The zero-order valence-corrected chi connectivity index (χ0v) is 13.1. The Morgan fingerprint density at radius 2 is 2.24 bits per heavy atom. The van der Waals surface area contributed by atoms with E-state index in [4.69, 9.17) is 5.41 Å². The molecule has 6 nitrogen and oxygen atoms in total. The molecule has 1 rings (SSSR count).